The van der Waals surface area contributed by atoms with Crippen molar-refractivity contribution >= 4 is 11.9 Å². The van der Waals surface area contributed by atoms with Crippen molar-refractivity contribution in [2.75, 3.05) is 13.1 Å². The smallest absolute Gasteiger partial charge is 0.342 e. The van der Waals surface area contributed by atoms with Crippen LogP contribution in [0.4, 0.5) is 4.79 Å². The second-order valence-corrected chi connectivity index (χ2v) is 3.63. The Morgan fingerprint density at radius 3 is 2.56 bits per heavy atom. The van der Waals surface area contributed by atoms with E-state index in [1.165, 1.54) is 10.9 Å². The van der Waals surface area contributed by atoms with E-state index in [1.54, 1.807) is 12.3 Å². The van der Waals surface area contributed by atoms with Crippen LogP contribution >= 0.6 is 0 Å². The van der Waals surface area contributed by atoms with Crippen molar-refractivity contribution in [1.82, 2.24) is 20.4 Å². The van der Waals surface area contributed by atoms with Crippen LogP contribution in [-0.2, 0) is 4.79 Å². The van der Waals surface area contributed by atoms with Gasteiger partial charge >= 0.3 is 6.03 Å². The van der Waals surface area contributed by atoms with Gasteiger partial charge in [0, 0.05) is 31.4 Å². The van der Waals surface area contributed by atoms with Gasteiger partial charge in [0.1, 0.15) is 0 Å². The zero-order valence-corrected chi connectivity index (χ0v) is 9.43. The molecule has 0 fully saturated rings. The number of aromatic nitrogens is 2. The fourth-order valence-electron chi connectivity index (χ4n) is 1.03. The van der Waals surface area contributed by atoms with E-state index in [2.05, 4.69) is 15.7 Å². The molecular weight excluding hydrogens is 208 g/mol. The molecule has 2 N–H and O–H groups in total. The summed E-state index contributed by atoms with van der Waals surface area (Å²) in [6.45, 7) is 4.44. The zero-order chi connectivity index (χ0) is 12.0. The maximum absolute atomic E-state index is 11.4. The zero-order valence-electron chi connectivity index (χ0n) is 9.43. The third-order valence-electron chi connectivity index (χ3n) is 1.94. The molecule has 1 aromatic heterocycles. The first-order valence-electron chi connectivity index (χ1n) is 5.17. The van der Waals surface area contributed by atoms with E-state index in [9.17, 15) is 9.59 Å². The first-order valence-corrected chi connectivity index (χ1v) is 5.17. The van der Waals surface area contributed by atoms with E-state index < -0.39 is 0 Å². The first-order chi connectivity index (χ1) is 7.61. The average molecular weight is 224 g/mol. The molecule has 0 aliphatic rings. The van der Waals surface area contributed by atoms with E-state index in [4.69, 9.17) is 0 Å². The number of hydrogen-bond donors (Lipinski definition) is 2. The minimum atomic E-state index is -0.302. The summed E-state index contributed by atoms with van der Waals surface area (Å²) in [6, 6.07) is 1.36. The number of rotatable bonds is 4. The molecular formula is C10H16N4O2. The van der Waals surface area contributed by atoms with Crippen molar-refractivity contribution in [3.63, 3.8) is 0 Å². The van der Waals surface area contributed by atoms with Crippen molar-refractivity contribution in [3.05, 3.63) is 18.5 Å². The van der Waals surface area contributed by atoms with Crippen LogP contribution in [-0.4, -0.2) is 34.8 Å². The maximum Gasteiger partial charge on any atom is 0.342 e. The lowest BCUT2D eigenvalue weighted by atomic mass is 10.2. The molecule has 2 amide bonds. The minimum Gasteiger partial charge on any atom is -0.354 e. The third kappa shape index (κ3) is 3.72. The highest BCUT2D eigenvalue weighted by Gasteiger charge is 2.06. The highest BCUT2D eigenvalue weighted by atomic mass is 16.2. The highest BCUT2D eigenvalue weighted by molar-refractivity contribution is 5.78. The summed E-state index contributed by atoms with van der Waals surface area (Å²) < 4.78 is 1.20. The number of carbonyl (C=O) groups is 2. The summed E-state index contributed by atoms with van der Waals surface area (Å²) in [5, 5.41) is 9.10. The molecule has 0 spiro atoms. The largest absolute Gasteiger partial charge is 0.354 e. The quantitative estimate of drug-likeness (QED) is 0.718. The van der Waals surface area contributed by atoms with Crippen LogP contribution in [0.15, 0.2) is 18.5 Å². The standard InChI is InChI=1S/C10H16N4O2/c1-8(2)9(15)11-5-6-12-10(16)14-7-3-4-13-14/h3-4,7-8H,5-6H2,1-2H3,(H,11,15)(H,12,16). The Labute approximate surface area is 94.0 Å². The second-order valence-electron chi connectivity index (χ2n) is 3.63. The Morgan fingerprint density at radius 1 is 1.31 bits per heavy atom. The first kappa shape index (κ1) is 12.2. The number of nitrogens with one attached hydrogen (secondary N) is 2. The lowest BCUT2D eigenvalue weighted by Crippen LogP contribution is -2.38. The van der Waals surface area contributed by atoms with Crippen molar-refractivity contribution in [2.45, 2.75) is 13.8 Å². The van der Waals surface area contributed by atoms with Gasteiger partial charge in [-0.25, -0.2) is 4.79 Å². The van der Waals surface area contributed by atoms with E-state index >= 15 is 0 Å². The van der Waals surface area contributed by atoms with E-state index in [0.29, 0.717) is 13.1 Å². The summed E-state index contributed by atoms with van der Waals surface area (Å²) in [7, 11) is 0. The van der Waals surface area contributed by atoms with Crippen molar-refractivity contribution in [1.29, 1.82) is 0 Å². The average Bonchev–Trinajstić information content (AvgIpc) is 2.76. The van der Waals surface area contributed by atoms with E-state index in [1.807, 2.05) is 13.8 Å². The highest BCUT2D eigenvalue weighted by Crippen LogP contribution is 1.89. The molecule has 1 rings (SSSR count). The molecule has 0 unspecified atom stereocenters. The summed E-state index contributed by atoms with van der Waals surface area (Å²) >= 11 is 0. The number of nitrogens with zero attached hydrogens (tertiary/aromatic N) is 2. The lowest BCUT2D eigenvalue weighted by molar-refractivity contribution is -0.123. The number of amides is 2. The molecule has 0 aromatic carbocycles. The Balaban J connectivity index is 2.17. The van der Waals surface area contributed by atoms with Gasteiger partial charge in [0.05, 0.1) is 0 Å². The maximum atomic E-state index is 11.4. The Kier molecular flexibility index (Phi) is 4.50. The van der Waals surface area contributed by atoms with E-state index in [0.717, 1.165) is 0 Å². The molecule has 16 heavy (non-hydrogen) atoms. The summed E-state index contributed by atoms with van der Waals surface area (Å²) in [4.78, 5) is 22.5. The Bertz CT molecular complexity index is 346. The molecule has 0 bridgehead atoms. The van der Waals surface area contributed by atoms with Gasteiger partial charge in [-0.2, -0.15) is 9.78 Å². The van der Waals surface area contributed by atoms with Gasteiger partial charge < -0.3 is 10.6 Å². The molecule has 0 saturated heterocycles. The molecule has 88 valence electrons. The lowest BCUT2D eigenvalue weighted by Gasteiger charge is -2.08. The SMILES string of the molecule is CC(C)C(=O)NCCNC(=O)n1cccn1. The van der Waals surface area contributed by atoms with Gasteiger partial charge in [0.2, 0.25) is 5.91 Å². The molecule has 6 nitrogen and oxygen atoms in total. The van der Waals surface area contributed by atoms with Crippen LogP contribution in [0.2, 0.25) is 0 Å². The molecule has 6 heteroatoms. The van der Waals surface area contributed by atoms with Crippen molar-refractivity contribution < 1.29 is 9.59 Å². The third-order valence-corrected chi connectivity index (χ3v) is 1.94. The number of hydrogen-bond acceptors (Lipinski definition) is 3. The molecule has 0 radical (unpaired) electrons. The van der Waals surface area contributed by atoms with Crippen LogP contribution in [0, 0.1) is 5.92 Å². The molecule has 1 heterocycles. The van der Waals surface area contributed by atoms with Gasteiger partial charge in [0.15, 0.2) is 0 Å². The van der Waals surface area contributed by atoms with Crippen LogP contribution < -0.4 is 10.6 Å². The van der Waals surface area contributed by atoms with Gasteiger partial charge in [-0.05, 0) is 6.07 Å². The molecule has 0 aliphatic heterocycles. The molecule has 0 aliphatic carbocycles. The van der Waals surface area contributed by atoms with Gasteiger partial charge in [-0.15, -0.1) is 0 Å². The predicted octanol–water partition coefficient (Wildman–Crippen LogP) is 0.213. The van der Waals surface area contributed by atoms with Gasteiger partial charge in [-0.1, -0.05) is 13.8 Å². The monoisotopic (exact) mass is 224 g/mol. The summed E-state index contributed by atoms with van der Waals surface area (Å²) in [5.74, 6) is -0.0600. The fourth-order valence-corrected chi connectivity index (χ4v) is 1.03. The van der Waals surface area contributed by atoms with Crippen molar-refractivity contribution in [2.24, 2.45) is 5.92 Å². The molecule has 1 aromatic rings. The Morgan fingerprint density at radius 2 is 2.00 bits per heavy atom. The predicted molar refractivity (Wildman–Crippen MR) is 58.9 cm³/mol. The van der Waals surface area contributed by atoms with E-state index in [-0.39, 0.29) is 17.9 Å². The molecule has 0 saturated carbocycles. The number of carbonyl (C=O) groups excluding carboxylic acids is 2. The van der Waals surface area contributed by atoms with Crippen LogP contribution in [0.25, 0.3) is 0 Å². The molecule has 0 atom stereocenters. The summed E-state index contributed by atoms with van der Waals surface area (Å²) in [5.41, 5.74) is 0. The van der Waals surface area contributed by atoms with Crippen LogP contribution in [0.1, 0.15) is 13.8 Å². The Hall–Kier alpha value is -1.85. The van der Waals surface area contributed by atoms with Crippen LogP contribution in [0.5, 0.6) is 0 Å². The van der Waals surface area contributed by atoms with Crippen molar-refractivity contribution in [3.8, 4) is 0 Å². The van der Waals surface area contributed by atoms with Gasteiger partial charge in [0.25, 0.3) is 0 Å². The van der Waals surface area contributed by atoms with Gasteiger partial charge in [-0.3, -0.25) is 4.79 Å². The van der Waals surface area contributed by atoms with Crippen LogP contribution in [0.3, 0.4) is 0 Å². The summed E-state index contributed by atoms with van der Waals surface area (Å²) in [6.07, 6.45) is 3.09. The minimum absolute atomic E-state index is 0.0201. The normalized spacial score (nSPS) is 10.2. The second kappa shape index (κ2) is 5.89. The topological polar surface area (TPSA) is 76.0 Å². The fraction of sp³-hybridized carbons (Fsp3) is 0.500.